The molecule has 1 saturated heterocycles. The molecule has 1 aromatic carbocycles. The summed E-state index contributed by atoms with van der Waals surface area (Å²) in [5, 5.41) is 16.3. The van der Waals surface area contributed by atoms with Gasteiger partial charge in [-0.05, 0) is 24.6 Å². The Hall–Kier alpha value is -2.15. The second-order valence-corrected chi connectivity index (χ2v) is 4.76. The summed E-state index contributed by atoms with van der Waals surface area (Å²) in [5.74, 6) is -0.510. The lowest BCUT2D eigenvalue weighted by Crippen LogP contribution is -2.26. The van der Waals surface area contributed by atoms with Crippen molar-refractivity contribution >= 4 is 23.8 Å². The lowest BCUT2D eigenvalue weighted by Gasteiger charge is -2.20. The first kappa shape index (κ1) is 15.2. The number of cyclic esters (lactones) is 1. The zero-order valence-corrected chi connectivity index (χ0v) is 11.8. The second-order valence-electron chi connectivity index (χ2n) is 4.76. The van der Waals surface area contributed by atoms with Crippen molar-refractivity contribution < 1.29 is 19.0 Å². The van der Waals surface area contributed by atoms with E-state index in [2.05, 4.69) is 0 Å². The number of nitrogens with zero attached hydrogens (tertiary/aromatic N) is 2. The number of hydrogen-bond donors (Lipinski definition) is 2. The molecule has 0 bridgehead atoms. The van der Waals surface area contributed by atoms with E-state index in [9.17, 15) is 9.18 Å². The maximum Gasteiger partial charge on any atom is 0.414 e. The number of carbonyl (C=O) groups excluding carboxylic acids is 1. The molecule has 1 aliphatic heterocycles. The van der Waals surface area contributed by atoms with Crippen LogP contribution in [0.1, 0.15) is 13.3 Å². The van der Waals surface area contributed by atoms with Crippen LogP contribution in [0, 0.1) is 11.2 Å². The van der Waals surface area contributed by atoms with Crippen molar-refractivity contribution in [2.24, 2.45) is 0 Å². The van der Waals surface area contributed by atoms with E-state index in [0.717, 1.165) is 12.8 Å². The minimum Gasteiger partial charge on any atom is -0.441 e. The summed E-state index contributed by atoms with van der Waals surface area (Å²) >= 11 is 0. The molecule has 7 heteroatoms. The smallest absolute Gasteiger partial charge is 0.414 e. The van der Waals surface area contributed by atoms with E-state index in [1.54, 1.807) is 6.07 Å². The Morgan fingerprint density at radius 1 is 1.62 bits per heavy atom. The average Bonchev–Trinajstić information content (AvgIpc) is 2.86. The Bertz CT molecular complexity index is 538. The zero-order valence-electron chi connectivity index (χ0n) is 11.8. The van der Waals surface area contributed by atoms with Gasteiger partial charge in [-0.2, -0.15) is 0 Å². The van der Waals surface area contributed by atoms with Gasteiger partial charge in [-0.3, -0.25) is 10.3 Å². The van der Waals surface area contributed by atoms with E-state index >= 15 is 0 Å². The number of aliphatic hydroxyl groups is 1. The van der Waals surface area contributed by atoms with Crippen molar-refractivity contribution in [3.05, 3.63) is 24.0 Å². The predicted molar refractivity (Wildman–Crippen MR) is 77.5 cm³/mol. The Kier molecular flexibility index (Phi) is 4.74. The molecule has 0 aromatic heterocycles. The number of aliphatic hydroxyl groups excluding tert-OH is 1. The Balaban J connectivity index is 2.23. The van der Waals surface area contributed by atoms with E-state index in [0.29, 0.717) is 17.9 Å². The number of halogens is 1. The lowest BCUT2D eigenvalue weighted by molar-refractivity contribution is 0.0963. The molecule has 6 nitrogen and oxygen atoms in total. The fraction of sp³-hybridized carbons (Fsp3) is 0.429. The highest BCUT2D eigenvalue weighted by Gasteiger charge is 2.32. The number of anilines is 2. The van der Waals surface area contributed by atoms with E-state index in [4.69, 9.17) is 15.3 Å². The number of amides is 1. The second kappa shape index (κ2) is 6.53. The summed E-state index contributed by atoms with van der Waals surface area (Å²) in [4.78, 5) is 14.4. The summed E-state index contributed by atoms with van der Waals surface area (Å²) in [7, 11) is 0. The van der Waals surface area contributed by atoms with Crippen molar-refractivity contribution in [2.75, 3.05) is 29.5 Å². The highest BCUT2D eigenvalue weighted by atomic mass is 19.1. The molecule has 0 spiro atoms. The Labute approximate surface area is 122 Å². The molecule has 114 valence electrons. The molecule has 2 rings (SSSR count). The van der Waals surface area contributed by atoms with Crippen molar-refractivity contribution in [1.29, 1.82) is 5.41 Å². The van der Waals surface area contributed by atoms with Gasteiger partial charge in [0, 0.05) is 6.54 Å². The molecule has 1 unspecified atom stereocenters. The number of carbonyl (C=O) groups is 1. The highest BCUT2D eigenvalue weighted by molar-refractivity contribution is 5.90. The lowest BCUT2D eigenvalue weighted by atomic mass is 10.2. The first-order valence-electron chi connectivity index (χ1n) is 6.76. The molecular weight excluding hydrogens is 277 g/mol. The molecule has 1 fully saturated rings. The monoisotopic (exact) mass is 295 g/mol. The van der Waals surface area contributed by atoms with Gasteiger partial charge >= 0.3 is 6.09 Å². The molecular formula is C14H18FN3O3. The van der Waals surface area contributed by atoms with Gasteiger partial charge in [-0.25, -0.2) is 9.18 Å². The van der Waals surface area contributed by atoms with Crippen LogP contribution in [0.5, 0.6) is 0 Å². The SMILES string of the molecule is CCCN(C=N)c1ccc(N2CC(CO)OC2=O)cc1F. The third-order valence-electron chi connectivity index (χ3n) is 3.25. The van der Waals surface area contributed by atoms with Gasteiger partial charge in [0.2, 0.25) is 0 Å². The molecule has 1 aromatic rings. The molecule has 0 radical (unpaired) electrons. The van der Waals surface area contributed by atoms with Gasteiger partial charge in [0.1, 0.15) is 11.9 Å². The summed E-state index contributed by atoms with van der Waals surface area (Å²) in [5.41, 5.74) is 0.667. The standard InChI is InChI=1S/C14H18FN3O3/c1-2-5-17(9-16)13-4-3-10(6-12(13)15)18-7-11(8-19)21-14(18)20/h3-4,6,9,11,16,19H,2,5,7-8H2,1H3. The normalized spacial score (nSPS) is 17.8. The summed E-state index contributed by atoms with van der Waals surface area (Å²) in [6.07, 6.45) is 0.679. The Morgan fingerprint density at radius 2 is 2.38 bits per heavy atom. The minimum atomic E-state index is -0.598. The summed E-state index contributed by atoms with van der Waals surface area (Å²) in [6, 6.07) is 4.37. The van der Waals surface area contributed by atoms with Crippen LogP contribution in [0.4, 0.5) is 20.6 Å². The number of rotatable bonds is 6. The van der Waals surface area contributed by atoms with Gasteiger partial charge in [0.15, 0.2) is 0 Å². The third kappa shape index (κ3) is 3.13. The van der Waals surface area contributed by atoms with Crippen molar-refractivity contribution in [3.63, 3.8) is 0 Å². The van der Waals surface area contributed by atoms with Crippen LogP contribution >= 0.6 is 0 Å². The van der Waals surface area contributed by atoms with Gasteiger partial charge in [-0.1, -0.05) is 6.92 Å². The van der Waals surface area contributed by atoms with Crippen LogP contribution in [0.15, 0.2) is 18.2 Å². The minimum absolute atomic E-state index is 0.192. The highest BCUT2D eigenvalue weighted by Crippen LogP contribution is 2.27. The van der Waals surface area contributed by atoms with Gasteiger partial charge in [0.05, 0.1) is 30.9 Å². The maximum atomic E-state index is 14.2. The molecule has 0 aliphatic carbocycles. The predicted octanol–water partition coefficient (Wildman–Crippen LogP) is 1.97. The molecule has 0 saturated carbocycles. The maximum absolute atomic E-state index is 14.2. The first-order chi connectivity index (χ1) is 10.1. The van der Waals surface area contributed by atoms with Crippen LogP contribution in [-0.2, 0) is 4.74 Å². The van der Waals surface area contributed by atoms with Crippen LogP contribution in [-0.4, -0.2) is 43.3 Å². The average molecular weight is 295 g/mol. The number of ether oxygens (including phenoxy) is 1. The Morgan fingerprint density at radius 3 is 2.90 bits per heavy atom. The van der Waals surface area contributed by atoms with Gasteiger partial charge < -0.3 is 14.7 Å². The van der Waals surface area contributed by atoms with E-state index in [-0.39, 0.29) is 13.2 Å². The molecule has 1 aliphatic rings. The number of hydrogen-bond acceptors (Lipinski definition) is 4. The molecule has 1 atom stereocenters. The van der Waals surface area contributed by atoms with Crippen molar-refractivity contribution in [2.45, 2.75) is 19.4 Å². The van der Waals surface area contributed by atoms with Gasteiger partial charge in [-0.15, -0.1) is 0 Å². The van der Waals surface area contributed by atoms with Crippen molar-refractivity contribution in [1.82, 2.24) is 0 Å². The van der Waals surface area contributed by atoms with Crippen LogP contribution in [0.3, 0.4) is 0 Å². The molecule has 1 amide bonds. The largest absolute Gasteiger partial charge is 0.441 e. The van der Waals surface area contributed by atoms with E-state index in [1.165, 1.54) is 21.9 Å². The van der Waals surface area contributed by atoms with Crippen LogP contribution < -0.4 is 9.80 Å². The quantitative estimate of drug-likeness (QED) is 0.621. The summed E-state index contributed by atoms with van der Waals surface area (Å²) < 4.78 is 19.1. The zero-order chi connectivity index (χ0) is 15.4. The number of benzene rings is 1. The van der Waals surface area contributed by atoms with Crippen LogP contribution in [0.25, 0.3) is 0 Å². The first-order valence-corrected chi connectivity index (χ1v) is 6.76. The molecule has 21 heavy (non-hydrogen) atoms. The fourth-order valence-corrected chi connectivity index (χ4v) is 2.22. The fourth-order valence-electron chi connectivity index (χ4n) is 2.22. The molecule has 1 heterocycles. The van der Waals surface area contributed by atoms with E-state index in [1.807, 2.05) is 6.92 Å². The third-order valence-corrected chi connectivity index (χ3v) is 3.25. The van der Waals surface area contributed by atoms with E-state index < -0.39 is 18.0 Å². The summed E-state index contributed by atoms with van der Waals surface area (Å²) in [6.45, 7) is 2.41. The van der Waals surface area contributed by atoms with Crippen LogP contribution in [0.2, 0.25) is 0 Å². The number of nitrogens with one attached hydrogen (secondary N) is 1. The topological polar surface area (TPSA) is 76.9 Å². The van der Waals surface area contributed by atoms with Crippen molar-refractivity contribution in [3.8, 4) is 0 Å². The molecule has 2 N–H and O–H groups in total. The van der Waals surface area contributed by atoms with Gasteiger partial charge in [0.25, 0.3) is 0 Å².